The van der Waals surface area contributed by atoms with Gasteiger partial charge in [-0.25, -0.2) is 13.4 Å². The van der Waals surface area contributed by atoms with Crippen molar-refractivity contribution in [2.45, 2.75) is 44.0 Å². The molecule has 1 saturated heterocycles. The van der Waals surface area contributed by atoms with Crippen molar-refractivity contribution in [3.05, 3.63) is 36.0 Å². The van der Waals surface area contributed by atoms with Gasteiger partial charge in [-0.1, -0.05) is 12.5 Å². The minimum atomic E-state index is -3.50. The summed E-state index contributed by atoms with van der Waals surface area (Å²) < 4.78 is 27.7. The Kier molecular flexibility index (Phi) is 5.43. The molecule has 0 amide bonds. The van der Waals surface area contributed by atoms with Crippen LogP contribution in [0.3, 0.4) is 0 Å². The Balaban J connectivity index is 1.89. The number of nitrogens with zero attached hydrogens (tertiary/aromatic N) is 3. The van der Waals surface area contributed by atoms with Gasteiger partial charge < -0.3 is 10.6 Å². The van der Waals surface area contributed by atoms with Gasteiger partial charge in [-0.2, -0.15) is 9.29 Å². The molecule has 0 radical (unpaired) electrons. The van der Waals surface area contributed by atoms with E-state index < -0.39 is 10.0 Å². The van der Waals surface area contributed by atoms with E-state index in [4.69, 9.17) is 0 Å². The molecule has 1 atom stereocenters. The molecular formula is C18H25N5O2S. The normalized spacial score (nSPS) is 18.5. The van der Waals surface area contributed by atoms with E-state index in [9.17, 15) is 8.42 Å². The van der Waals surface area contributed by atoms with Gasteiger partial charge in [0.2, 0.25) is 16.0 Å². The second-order valence-electron chi connectivity index (χ2n) is 6.59. The fourth-order valence-electron chi connectivity index (χ4n) is 3.12. The Hall–Kier alpha value is -2.19. The number of piperidine rings is 1. The highest BCUT2D eigenvalue weighted by atomic mass is 32.2. The van der Waals surface area contributed by atoms with Gasteiger partial charge in [-0.05, 0) is 44.9 Å². The van der Waals surface area contributed by atoms with Crippen LogP contribution in [0.4, 0.5) is 17.5 Å². The average Bonchev–Trinajstić information content (AvgIpc) is 2.64. The van der Waals surface area contributed by atoms with Crippen LogP contribution in [0.2, 0.25) is 0 Å². The summed E-state index contributed by atoms with van der Waals surface area (Å²) in [5, 5.41) is 6.10. The minimum Gasteiger partial charge on any atom is -0.357 e. The Bertz CT molecular complexity index is 885. The quantitative estimate of drug-likeness (QED) is 0.835. The SMILES string of the molecule is CNc1ncc(C)c(Nc2cccc(S(=O)(=O)N3CCCCC3C)c2)n1. The molecule has 2 aromatic rings. The first kappa shape index (κ1) is 18.6. The molecule has 26 heavy (non-hydrogen) atoms. The maximum Gasteiger partial charge on any atom is 0.243 e. The topological polar surface area (TPSA) is 87.2 Å². The van der Waals surface area contributed by atoms with Gasteiger partial charge in [0.05, 0.1) is 4.90 Å². The molecule has 1 aromatic carbocycles. The monoisotopic (exact) mass is 375 g/mol. The Morgan fingerprint density at radius 2 is 2.08 bits per heavy atom. The number of sulfonamides is 1. The van der Waals surface area contributed by atoms with Gasteiger partial charge in [0, 0.05) is 37.1 Å². The Morgan fingerprint density at radius 3 is 2.81 bits per heavy atom. The molecule has 1 aromatic heterocycles. The van der Waals surface area contributed by atoms with Gasteiger partial charge >= 0.3 is 0 Å². The first-order valence-corrected chi connectivity index (χ1v) is 10.3. The standard InChI is InChI=1S/C18H25N5O2S/c1-13-12-20-18(19-3)22-17(13)21-15-8-6-9-16(11-15)26(24,25)23-10-5-4-7-14(23)2/h6,8-9,11-12,14H,4-5,7,10H2,1-3H3,(H2,19,20,21,22). The summed E-state index contributed by atoms with van der Waals surface area (Å²) in [7, 11) is -1.75. The number of nitrogens with one attached hydrogen (secondary N) is 2. The number of rotatable bonds is 5. The van der Waals surface area contributed by atoms with Gasteiger partial charge in [0.15, 0.2) is 0 Å². The first-order chi connectivity index (χ1) is 12.4. The van der Waals surface area contributed by atoms with E-state index in [1.165, 1.54) is 0 Å². The number of aryl methyl sites for hydroxylation is 1. The van der Waals surface area contributed by atoms with Gasteiger partial charge in [0.25, 0.3) is 0 Å². The summed E-state index contributed by atoms with van der Waals surface area (Å²) >= 11 is 0. The molecule has 0 aliphatic carbocycles. The predicted octanol–water partition coefficient (Wildman–Crippen LogP) is 3.13. The van der Waals surface area contributed by atoms with Crippen molar-refractivity contribution >= 4 is 27.5 Å². The molecule has 7 nitrogen and oxygen atoms in total. The van der Waals surface area contributed by atoms with Crippen molar-refractivity contribution in [3.63, 3.8) is 0 Å². The van der Waals surface area contributed by atoms with E-state index >= 15 is 0 Å². The molecule has 0 saturated carbocycles. The fraction of sp³-hybridized carbons (Fsp3) is 0.444. The lowest BCUT2D eigenvalue weighted by molar-refractivity contribution is 0.268. The van der Waals surface area contributed by atoms with Crippen molar-refractivity contribution in [1.29, 1.82) is 0 Å². The number of hydrogen-bond acceptors (Lipinski definition) is 6. The van der Waals surface area contributed by atoms with Gasteiger partial charge in [-0.15, -0.1) is 0 Å². The summed E-state index contributed by atoms with van der Waals surface area (Å²) in [6.07, 6.45) is 4.62. The molecule has 1 fully saturated rings. The Morgan fingerprint density at radius 1 is 1.27 bits per heavy atom. The number of aromatic nitrogens is 2. The maximum atomic E-state index is 13.0. The molecule has 8 heteroatoms. The summed E-state index contributed by atoms with van der Waals surface area (Å²) in [5.41, 5.74) is 1.56. The molecule has 2 heterocycles. The third-order valence-electron chi connectivity index (χ3n) is 4.64. The van der Waals surface area contributed by atoms with Crippen LogP contribution in [-0.2, 0) is 10.0 Å². The lowest BCUT2D eigenvalue weighted by Gasteiger charge is -2.32. The zero-order valence-electron chi connectivity index (χ0n) is 15.4. The van der Waals surface area contributed by atoms with Crippen LogP contribution in [0, 0.1) is 6.92 Å². The first-order valence-electron chi connectivity index (χ1n) is 8.82. The van der Waals surface area contributed by atoms with Crippen molar-refractivity contribution < 1.29 is 8.42 Å². The van der Waals surface area contributed by atoms with Crippen LogP contribution >= 0.6 is 0 Å². The number of benzene rings is 1. The highest BCUT2D eigenvalue weighted by Crippen LogP contribution is 2.27. The molecule has 1 aliphatic heterocycles. The largest absolute Gasteiger partial charge is 0.357 e. The average molecular weight is 375 g/mol. The van der Waals surface area contributed by atoms with Crippen LogP contribution in [0.15, 0.2) is 35.4 Å². The van der Waals surface area contributed by atoms with Crippen molar-refractivity contribution in [3.8, 4) is 0 Å². The third-order valence-corrected chi connectivity index (χ3v) is 6.65. The zero-order valence-corrected chi connectivity index (χ0v) is 16.2. The van der Waals surface area contributed by atoms with Crippen LogP contribution < -0.4 is 10.6 Å². The molecule has 1 aliphatic rings. The third kappa shape index (κ3) is 3.81. The predicted molar refractivity (Wildman–Crippen MR) is 103 cm³/mol. The van der Waals surface area contributed by atoms with Gasteiger partial charge in [0.1, 0.15) is 5.82 Å². The van der Waals surface area contributed by atoms with Crippen LogP contribution in [0.5, 0.6) is 0 Å². The Labute approximate surface area is 154 Å². The summed E-state index contributed by atoms with van der Waals surface area (Å²) in [4.78, 5) is 8.85. The molecule has 140 valence electrons. The fourth-order valence-corrected chi connectivity index (χ4v) is 4.87. The van der Waals surface area contributed by atoms with E-state index in [-0.39, 0.29) is 6.04 Å². The summed E-state index contributed by atoms with van der Waals surface area (Å²) in [5.74, 6) is 1.15. The summed E-state index contributed by atoms with van der Waals surface area (Å²) in [6, 6.07) is 6.93. The second-order valence-corrected chi connectivity index (χ2v) is 8.48. The molecule has 0 spiro atoms. The molecular weight excluding hydrogens is 350 g/mol. The van der Waals surface area contributed by atoms with Crippen LogP contribution in [0.1, 0.15) is 31.7 Å². The highest BCUT2D eigenvalue weighted by molar-refractivity contribution is 7.89. The van der Waals surface area contributed by atoms with Crippen molar-refractivity contribution in [2.24, 2.45) is 0 Å². The smallest absolute Gasteiger partial charge is 0.243 e. The van der Waals surface area contributed by atoms with E-state index in [0.717, 1.165) is 24.8 Å². The highest BCUT2D eigenvalue weighted by Gasteiger charge is 2.31. The number of anilines is 3. The molecule has 1 unspecified atom stereocenters. The lowest BCUT2D eigenvalue weighted by atomic mass is 10.1. The second kappa shape index (κ2) is 7.59. The lowest BCUT2D eigenvalue weighted by Crippen LogP contribution is -2.41. The van der Waals surface area contributed by atoms with Crippen molar-refractivity contribution in [1.82, 2.24) is 14.3 Å². The molecule has 0 bridgehead atoms. The van der Waals surface area contributed by atoms with Crippen LogP contribution in [-0.4, -0.2) is 42.3 Å². The van der Waals surface area contributed by atoms with Crippen LogP contribution in [0.25, 0.3) is 0 Å². The van der Waals surface area contributed by atoms with E-state index in [2.05, 4.69) is 20.6 Å². The van der Waals surface area contributed by atoms with E-state index in [1.54, 1.807) is 35.7 Å². The zero-order chi connectivity index (χ0) is 18.7. The van der Waals surface area contributed by atoms with Gasteiger partial charge in [-0.3, -0.25) is 0 Å². The number of hydrogen-bond donors (Lipinski definition) is 2. The minimum absolute atomic E-state index is 0.0349. The van der Waals surface area contributed by atoms with E-state index in [0.29, 0.717) is 28.9 Å². The molecule has 2 N–H and O–H groups in total. The van der Waals surface area contributed by atoms with E-state index in [1.807, 2.05) is 19.9 Å². The molecule has 3 rings (SSSR count). The van der Waals surface area contributed by atoms with Crippen molar-refractivity contribution in [2.75, 3.05) is 24.2 Å². The maximum absolute atomic E-state index is 13.0. The summed E-state index contributed by atoms with van der Waals surface area (Å²) in [6.45, 7) is 4.46.